The van der Waals surface area contributed by atoms with Gasteiger partial charge in [-0.3, -0.25) is 9.89 Å². The first-order valence-corrected chi connectivity index (χ1v) is 9.66. The van der Waals surface area contributed by atoms with Crippen molar-refractivity contribution in [3.8, 4) is 0 Å². The fraction of sp³-hybridized carbons (Fsp3) is 0.765. The van der Waals surface area contributed by atoms with Crippen LogP contribution in [-0.4, -0.2) is 60.0 Å². The van der Waals surface area contributed by atoms with Crippen molar-refractivity contribution in [3.05, 3.63) is 16.1 Å². The van der Waals surface area contributed by atoms with Gasteiger partial charge in [0.1, 0.15) is 0 Å². The van der Waals surface area contributed by atoms with Crippen LogP contribution in [0.4, 0.5) is 0 Å². The Morgan fingerprint density at radius 1 is 1.46 bits per heavy atom. The van der Waals surface area contributed by atoms with Gasteiger partial charge in [0.2, 0.25) is 0 Å². The van der Waals surface area contributed by atoms with Gasteiger partial charge in [0.25, 0.3) is 0 Å². The van der Waals surface area contributed by atoms with Gasteiger partial charge in [-0.05, 0) is 39.8 Å². The van der Waals surface area contributed by atoms with Gasteiger partial charge < -0.3 is 10.2 Å². The van der Waals surface area contributed by atoms with E-state index < -0.39 is 0 Å². The molecule has 1 fully saturated rings. The molecule has 2 heterocycles. The van der Waals surface area contributed by atoms with E-state index in [2.05, 4.69) is 53.3 Å². The van der Waals surface area contributed by atoms with Gasteiger partial charge in [-0.1, -0.05) is 13.3 Å². The molecule has 0 saturated carbocycles. The van der Waals surface area contributed by atoms with Crippen LogP contribution in [-0.2, 0) is 6.54 Å². The van der Waals surface area contributed by atoms with Gasteiger partial charge >= 0.3 is 0 Å². The number of halogens is 1. The third-order valence-electron chi connectivity index (χ3n) is 4.37. The molecular formula is C17H32IN5S. The summed E-state index contributed by atoms with van der Waals surface area (Å²) >= 11 is 1.71. The van der Waals surface area contributed by atoms with Crippen molar-refractivity contribution in [1.29, 1.82) is 0 Å². The Kier molecular flexibility index (Phi) is 10.1. The minimum atomic E-state index is 0. The Balaban J connectivity index is 0.00000288. The molecule has 138 valence electrons. The highest BCUT2D eigenvalue weighted by Crippen LogP contribution is 2.17. The molecule has 0 spiro atoms. The van der Waals surface area contributed by atoms with Gasteiger partial charge in [0, 0.05) is 25.0 Å². The second-order valence-corrected chi connectivity index (χ2v) is 7.25. The van der Waals surface area contributed by atoms with E-state index in [1.807, 2.05) is 0 Å². The summed E-state index contributed by atoms with van der Waals surface area (Å²) < 4.78 is 0. The van der Waals surface area contributed by atoms with E-state index in [9.17, 15) is 0 Å². The molecule has 1 unspecified atom stereocenters. The quantitative estimate of drug-likeness (QED) is 0.398. The summed E-state index contributed by atoms with van der Waals surface area (Å²) in [4.78, 5) is 14.2. The minimum Gasteiger partial charge on any atom is -0.357 e. The van der Waals surface area contributed by atoms with Crippen molar-refractivity contribution in [3.63, 3.8) is 0 Å². The zero-order chi connectivity index (χ0) is 16.7. The Bertz CT molecular complexity index is 505. The van der Waals surface area contributed by atoms with E-state index in [-0.39, 0.29) is 24.0 Å². The van der Waals surface area contributed by atoms with Crippen molar-refractivity contribution >= 4 is 41.3 Å². The van der Waals surface area contributed by atoms with Gasteiger partial charge in [0.05, 0.1) is 23.8 Å². The lowest BCUT2D eigenvalue weighted by atomic mass is 10.0. The van der Waals surface area contributed by atoms with Crippen molar-refractivity contribution < 1.29 is 0 Å². The standard InChI is InChI=1S/C17H31N5S.HI/c1-5-18-17(21(4)12-15-13-23-14(3)20-15)19-11-16-9-7-8-10-22(16)6-2;/h13,16H,5-12H2,1-4H3,(H,18,19);1H. The first kappa shape index (κ1) is 21.6. The highest BCUT2D eigenvalue weighted by Gasteiger charge is 2.21. The fourth-order valence-corrected chi connectivity index (χ4v) is 3.75. The lowest BCUT2D eigenvalue weighted by molar-refractivity contribution is 0.161. The Hall–Kier alpha value is -0.410. The molecule has 0 radical (unpaired) electrons. The number of piperidine rings is 1. The predicted octanol–water partition coefficient (Wildman–Crippen LogP) is 3.34. The molecular weight excluding hydrogens is 433 g/mol. The summed E-state index contributed by atoms with van der Waals surface area (Å²) in [5.74, 6) is 0.986. The Morgan fingerprint density at radius 3 is 2.88 bits per heavy atom. The number of aromatic nitrogens is 1. The fourth-order valence-electron chi connectivity index (χ4n) is 3.14. The molecule has 2 rings (SSSR count). The largest absolute Gasteiger partial charge is 0.357 e. The summed E-state index contributed by atoms with van der Waals surface area (Å²) in [5.41, 5.74) is 1.12. The number of hydrogen-bond donors (Lipinski definition) is 1. The number of hydrogen-bond acceptors (Lipinski definition) is 4. The number of aryl methyl sites for hydroxylation is 1. The molecule has 7 heteroatoms. The molecule has 5 nitrogen and oxygen atoms in total. The average Bonchev–Trinajstić information content (AvgIpc) is 2.96. The van der Waals surface area contributed by atoms with Crippen LogP contribution in [0.3, 0.4) is 0 Å². The van der Waals surface area contributed by atoms with E-state index in [4.69, 9.17) is 4.99 Å². The number of aliphatic imine (C=N–C) groups is 1. The van der Waals surface area contributed by atoms with Gasteiger partial charge in [0.15, 0.2) is 5.96 Å². The molecule has 0 amide bonds. The molecule has 0 aromatic carbocycles. The molecule has 0 bridgehead atoms. The molecule has 24 heavy (non-hydrogen) atoms. The lowest BCUT2D eigenvalue weighted by Crippen LogP contribution is -2.43. The van der Waals surface area contributed by atoms with Crippen LogP contribution >= 0.6 is 35.3 Å². The number of nitrogens with one attached hydrogen (secondary N) is 1. The Labute approximate surface area is 168 Å². The Morgan fingerprint density at radius 2 is 2.25 bits per heavy atom. The molecule has 0 aliphatic carbocycles. The molecule has 1 aliphatic heterocycles. The van der Waals surface area contributed by atoms with Gasteiger partial charge in [-0.25, -0.2) is 4.98 Å². The van der Waals surface area contributed by atoms with Gasteiger partial charge in [-0.15, -0.1) is 35.3 Å². The third-order valence-corrected chi connectivity index (χ3v) is 5.19. The normalized spacial score (nSPS) is 19.0. The van der Waals surface area contributed by atoms with Crippen molar-refractivity contribution in [2.45, 2.75) is 52.6 Å². The maximum atomic E-state index is 4.90. The topological polar surface area (TPSA) is 43.8 Å². The molecule has 1 saturated heterocycles. The van der Waals surface area contributed by atoms with E-state index in [1.54, 1.807) is 11.3 Å². The smallest absolute Gasteiger partial charge is 0.194 e. The number of thiazole rings is 1. The van der Waals surface area contributed by atoms with Crippen LogP contribution in [0.1, 0.15) is 43.8 Å². The number of likely N-dealkylation sites (N-methyl/N-ethyl adjacent to an activating group) is 1. The van der Waals surface area contributed by atoms with E-state index in [0.29, 0.717) is 6.04 Å². The van der Waals surface area contributed by atoms with Crippen LogP contribution in [0.2, 0.25) is 0 Å². The first-order chi connectivity index (χ1) is 11.1. The van der Waals surface area contributed by atoms with Crippen LogP contribution in [0.25, 0.3) is 0 Å². The number of nitrogens with zero attached hydrogens (tertiary/aromatic N) is 4. The zero-order valence-electron chi connectivity index (χ0n) is 15.4. The van der Waals surface area contributed by atoms with Crippen LogP contribution in [0.5, 0.6) is 0 Å². The van der Waals surface area contributed by atoms with Crippen molar-refractivity contribution in [2.24, 2.45) is 4.99 Å². The van der Waals surface area contributed by atoms with Crippen LogP contribution < -0.4 is 5.32 Å². The molecule has 1 N–H and O–H groups in total. The highest BCUT2D eigenvalue weighted by atomic mass is 127. The summed E-state index contributed by atoms with van der Waals surface area (Å²) in [6, 6.07) is 0.595. The summed E-state index contributed by atoms with van der Waals surface area (Å²) in [6.07, 6.45) is 3.93. The summed E-state index contributed by atoms with van der Waals surface area (Å²) in [6.45, 7) is 11.4. The van der Waals surface area contributed by atoms with Crippen molar-refractivity contribution in [1.82, 2.24) is 20.1 Å². The van der Waals surface area contributed by atoms with Crippen molar-refractivity contribution in [2.75, 3.05) is 33.2 Å². The predicted molar refractivity (Wildman–Crippen MR) is 115 cm³/mol. The zero-order valence-corrected chi connectivity index (χ0v) is 18.6. The van der Waals surface area contributed by atoms with Crippen LogP contribution in [0.15, 0.2) is 10.4 Å². The first-order valence-electron chi connectivity index (χ1n) is 8.78. The second kappa shape index (κ2) is 11.3. The highest BCUT2D eigenvalue weighted by molar-refractivity contribution is 14.0. The van der Waals surface area contributed by atoms with E-state index in [1.165, 1.54) is 25.8 Å². The third kappa shape index (κ3) is 6.48. The minimum absolute atomic E-state index is 0. The molecule has 1 aliphatic rings. The maximum Gasteiger partial charge on any atom is 0.194 e. The lowest BCUT2D eigenvalue weighted by Gasteiger charge is -2.34. The SMILES string of the molecule is CCNC(=NCC1CCCCN1CC)N(C)Cc1csc(C)n1.I. The number of guanidine groups is 1. The number of likely N-dealkylation sites (tertiary alicyclic amines) is 1. The van der Waals surface area contributed by atoms with E-state index in [0.717, 1.165) is 42.8 Å². The summed E-state index contributed by atoms with van der Waals surface area (Å²) in [5, 5.41) is 6.67. The number of rotatable bonds is 6. The van der Waals surface area contributed by atoms with Crippen LogP contribution in [0, 0.1) is 6.92 Å². The monoisotopic (exact) mass is 465 g/mol. The maximum absolute atomic E-state index is 4.90. The average molecular weight is 465 g/mol. The second-order valence-electron chi connectivity index (χ2n) is 6.19. The summed E-state index contributed by atoms with van der Waals surface area (Å²) in [7, 11) is 2.09. The van der Waals surface area contributed by atoms with E-state index >= 15 is 0 Å². The van der Waals surface area contributed by atoms with Gasteiger partial charge in [-0.2, -0.15) is 0 Å². The molecule has 1 aromatic rings. The molecule has 1 aromatic heterocycles. The molecule has 1 atom stereocenters.